The van der Waals surface area contributed by atoms with Crippen molar-refractivity contribution in [2.45, 2.75) is 41.7 Å². The first-order chi connectivity index (χ1) is 8.47. The zero-order valence-corrected chi connectivity index (χ0v) is 11.2. The molecule has 2 aliphatic rings. The smallest absolute Gasteiger partial charge is 0.240 e. The summed E-state index contributed by atoms with van der Waals surface area (Å²) in [5, 5.41) is 12.2. The van der Waals surface area contributed by atoms with Crippen LogP contribution in [-0.4, -0.2) is 10.7 Å². The predicted molar refractivity (Wildman–Crippen MR) is 71.5 cm³/mol. The topological polar surface area (TPSA) is 52.9 Å². The van der Waals surface area contributed by atoms with Crippen molar-refractivity contribution >= 4 is 23.4 Å². The van der Waals surface area contributed by atoms with Crippen LogP contribution in [0.3, 0.4) is 0 Å². The van der Waals surface area contributed by atoms with Crippen LogP contribution in [0.25, 0.3) is 0 Å². The average Bonchev–Trinajstić information content (AvgIpc) is 3.10. The van der Waals surface area contributed by atoms with Crippen LogP contribution in [-0.2, 0) is 10.2 Å². The molecule has 0 bridgehead atoms. The Bertz CT molecular complexity index is 582. The Morgan fingerprint density at radius 1 is 1.39 bits per heavy atom. The number of carbonyl (C=O) groups is 1. The molecule has 0 aromatic heterocycles. The highest BCUT2D eigenvalue weighted by Crippen LogP contribution is 2.50. The molecule has 0 unspecified atom stereocenters. The van der Waals surface area contributed by atoms with Crippen molar-refractivity contribution < 1.29 is 4.79 Å². The van der Waals surface area contributed by atoms with E-state index < -0.39 is 4.75 Å². The fourth-order valence-corrected chi connectivity index (χ4v) is 3.30. The Morgan fingerprint density at radius 3 is 2.72 bits per heavy atom. The van der Waals surface area contributed by atoms with Gasteiger partial charge in [0.15, 0.2) is 0 Å². The van der Waals surface area contributed by atoms with E-state index in [1.807, 2.05) is 26.0 Å². The molecule has 4 heteroatoms. The van der Waals surface area contributed by atoms with Gasteiger partial charge in [-0.3, -0.25) is 4.79 Å². The first-order valence-corrected chi connectivity index (χ1v) is 6.85. The van der Waals surface area contributed by atoms with Crippen LogP contribution in [0, 0.1) is 11.3 Å². The third-order valence-electron chi connectivity index (χ3n) is 3.66. The van der Waals surface area contributed by atoms with Gasteiger partial charge in [0.05, 0.1) is 21.9 Å². The number of thioether (sulfide) groups is 1. The zero-order valence-electron chi connectivity index (χ0n) is 10.4. The summed E-state index contributed by atoms with van der Waals surface area (Å²) >= 11 is 1.57. The van der Waals surface area contributed by atoms with E-state index >= 15 is 0 Å². The highest BCUT2D eigenvalue weighted by atomic mass is 32.2. The highest BCUT2D eigenvalue weighted by molar-refractivity contribution is 8.01. The van der Waals surface area contributed by atoms with Gasteiger partial charge in [-0.25, -0.2) is 0 Å². The molecule has 3 nitrogen and oxygen atoms in total. The maximum Gasteiger partial charge on any atom is 0.240 e. The number of carbonyl (C=O) groups excluding carboxylic acids is 1. The lowest BCUT2D eigenvalue weighted by molar-refractivity contribution is -0.117. The number of amides is 1. The van der Waals surface area contributed by atoms with Gasteiger partial charge >= 0.3 is 0 Å². The Morgan fingerprint density at radius 2 is 2.11 bits per heavy atom. The molecule has 0 atom stereocenters. The molecule has 1 aromatic rings. The lowest BCUT2D eigenvalue weighted by atomic mass is 9.97. The van der Waals surface area contributed by atoms with E-state index in [-0.39, 0.29) is 11.3 Å². The van der Waals surface area contributed by atoms with E-state index in [4.69, 9.17) is 0 Å². The first-order valence-electron chi connectivity index (χ1n) is 6.03. The van der Waals surface area contributed by atoms with Gasteiger partial charge in [0.1, 0.15) is 0 Å². The minimum atomic E-state index is -0.449. The summed E-state index contributed by atoms with van der Waals surface area (Å²) in [4.78, 5) is 12.9. The fraction of sp³-hybridized carbons (Fsp3) is 0.429. The standard InChI is InChI=1S/C14H14N2OS/c1-13(2)12(17)16-10-4-3-9(7-11(10)18-13)14(8-15)5-6-14/h3-4,7H,5-6H2,1-2H3,(H,16,17). The summed E-state index contributed by atoms with van der Waals surface area (Å²) in [5.74, 6) is 0.0363. The number of nitrogens with one attached hydrogen (secondary N) is 1. The van der Waals surface area contributed by atoms with Crippen LogP contribution in [0.15, 0.2) is 23.1 Å². The molecule has 1 aliphatic carbocycles. The number of hydrogen-bond donors (Lipinski definition) is 1. The van der Waals surface area contributed by atoms with Crippen molar-refractivity contribution in [2.75, 3.05) is 5.32 Å². The summed E-state index contributed by atoms with van der Waals surface area (Å²) in [6.45, 7) is 3.83. The Kier molecular flexibility index (Phi) is 2.27. The first kappa shape index (κ1) is 11.6. The second kappa shape index (κ2) is 3.52. The number of nitrogens with zero attached hydrogens (tertiary/aromatic N) is 1. The van der Waals surface area contributed by atoms with Crippen LogP contribution in [0.2, 0.25) is 0 Å². The van der Waals surface area contributed by atoms with Crippen LogP contribution >= 0.6 is 11.8 Å². The monoisotopic (exact) mass is 258 g/mol. The molecule has 18 heavy (non-hydrogen) atoms. The van der Waals surface area contributed by atoms with E-state index in [0.29, 0.717) is 0 Å². The van der Waals surface area contributed by atoms with E-state index in [2.05, 4.69) is 17.5 Å². The summed E-state index contributed by atoms with van der Waals surface area (Å²) < 4.78 is -0.449. The molecule has 1 aromatic carbocycles. The molecule has 92 valence electrons. The molecule has 0 saturated heterocycles. The molecule has 1 heterocycles. The molecular formula is C14H14N2OS. The van der Waals surface area contributed by atoms with Crippen molar-refractivity contribution in [3.05, 3.63) is 23.8 Å². The number of benzene rings is 1. The van der Waals surface area contributed by atoms with E-state index in [1.54, 1.807) is 11.8 Å². The van der Waals surface area contributed by atoms with E-state index in [1.165, 1.54) is 0 Å². The highest BCUT2D eigenvalue weighted by Gasteiger charge is 2.45. The Hall–Kier alpha value is -1.47. The summed E-state index contributed by atoms with van der Waals surface area (Å²) in [6, 6.07) is 8.36. The summed E-state index contributed by atoms with van der Waals surface area (Å²) in [5.41, 5.74) is 1.69. The second-order valence-corrected chi connectivity index (χ2v) is 7.14. The molecule has 0 radical (unpaired) electrons. The van der Waals surface area contributed by atoms with Crippen molar-refractivity contribution in [3.63, 3.8) is 0 Å². The molecule has 1 fully saturated rings. The Labute approximate surface area is 111 Å². The van der Waals surface area contributed by atoms with Gasteiger partial charge in [-0.1, -0.05) is 6.07 Å². The van der Waals surface area contributed by atoms with Gasteiger partial charge in [0.2, 0.25) is 5.91 Å². The summed E-state index contributed by atoms with van der Waals surface area (Å²) in [6.07, 6.45) is 1.89. The van der Waals surface area contributed by atoms with Crippen molar-refractivity contribution in [1.29, 1.82) is 5.26 Å². The van der Waals surface area contributed by atoms with Gasteiger partial charge in [-0.2, -0.15) is 5.26 Å². The molecule has 1 aliphatic heterocycles. The SMILES string of the molecule is CC1(C)Sc2cc(C3(C#N)CC3)ccc2NC1=O. The molecule has 3 rings (SSSR count). The quantitative estimate of drug-likeness (QED) is 0.842. The molecular weight excluding hydrogens is 244 g/mol. The minimum Gasteiger partial charge on any atom is -0.324 e. The van der Waals surface area contributed by atoms with Gasteiger partial charge in [0.25, 0.3) is 0 Å². The van der Waals surface area contributed by atoms with Gasteiger partial charge < -0.3 is 5.32 Å². The van der Waals surface area contributed by atoms with Crippen molar-refractivity contribution in [2.24, 2.45) is 0 Å². The van der Waals surface area contributed by atoms with Crippen LogP contribution < -0.4 is 5.32 Å². The third-order valence-corrected chi connectivity index (χ3v) is 4.91. The van der Waals surface area contributed by atoms with E-state index in [9.17, 15) is 10.1 Å². The van der Waals surface area contributed by atoms with Crippen molar-refractivity contribution in [1.82, 2.24) is 0 Å². The molecule has 1 amide bonds. The Balaban J connectivity index is 2.03. The second-order valence-electron chi connectivity index (χ2n) is 5.47. The number of hydrogen-bond acceptors (Lipinski definition) is 3. The molecule has 0 spiro atoms. The number of nitriles is 1. The normalized spacial score (nSPS) is 22.6. The van der Waals surface area contributed by atoms with Gasteiger partial charge in [0, 0.05) is 4.90 Å². The molecule has 1 N–H and O–H groups in total. The minimum absolute atomic E-state index is 0.0363. The predicted octanol–water partition coefficient (Wildman–Crippen LogP) is 3.06. The third kappa shape index (κ3) is 1.62. The average molecular weight is 258 g/mol. The maximum absolute atomic E-state index is 11.8. The maximum atomic E-state index is 11.8. The lowest BCUT2D eigenvalue weighted by Crippen LogP contribution is -2.37. The van der Waals surface area contributed by atoms with Gasteiger partial charge in [-0.05, 0) is 44.4 Å². The van der Waals surface area contributed by atoms with Crippen LogP contribution in [0.4, 0.5) is 5.69 Å². The van der Waals surface area contributed by atoms with Crippen LogP contribution in [0.5, 0.6) is 0 Å². The fourth-order valence-electron chi connectivity index (χ4n) is 2.19. The van der Waals surface area contributed by atoms with Gasteiger partial charge in [-0.15, -0.1) is 11.8 Å². The molecule has 1 saturated carbocycles. The largest absolute Gasteiger partial charge is 0.324 e. The van der Waals surface area contributed by atoms with Crippen LogP contribution in [0.1, 0.15) is 32.3 Å². The number of rotatable bonds is 1. The zero-order chi connectivity index (χ0) is 13.0. The lowest BCUT2D eigenvalue weighted by Gasteiger charge is -2.30. The summed E-state index contributed by atoms with van der Waals surface area (Å²) in [7, 11) is 0. The van der Waals surface area contributed by atoms with Crippen molar-refractivity contribution in [3.8, 4) is 6.07 Å². The number of anilines is 1. The number of fused-ring (bicyclic) bond motifs is 1. The van der Waals surface area contributed by atoms with E-state index in [0.717, 1.165) is 29.0 Å².